The topological polar surface area (TPSA) is 249 Å². The van der Waals surface area contributed by atoms with Crippen LogP contribution < -0.4 is 33.6 Å². The fraction of sp³-hybridized carbons (Fsp3) is 0.714. The van der Waals surface area contributed by atoms with Crippen molar-refractivity contribution in [3.05, 3.63) is 0 Å². The molecule has 1 aliphatic heterocycles. The van der Waals surface area contributed by atoms with Crippen LogP contribution in [0.15, 0.2) is 4.99 Å². The number of carboxylic acids is 1. The van der Waals surface area contributed by atoms with Crippen LogP contribution in [0.25, 0.3) is 0 Å². The summed E-state index contributed by atoms with van der Waals surface area (Å²) in [7, 11) is 0. The minimum Gasteiger partial charge on any atom is -0.480 e. The quantitative estimate of drug-likeness (QED) is 0.0748. The first-order valence-corrected chi connectivity index (χ1v) is 11.6. The number of nitrogens with zero attached hydrogens (tertiary/aromatic N) is 2. The zero-order chi connectivity index (χ0) is 26.7. The number of carbonyl (C=O) groups is 5. The van der Waals surface area contributed by atoms with E-state index in [0.717, 1.165) is 4.90 Å². The van der Waals surface area contributed by atoms with Crippen molar-refractivity contribution in [1.29, 1.82) is 0 Å². The van der Waals surface area contributed by atoms with Gasteiger partial charge in [-0.25, -0.2) is 4.79 Å². The predicted molar refractivity (Wildman–Crippen MR) is 127 cm³/mol. The van der Waals surface area contributed by atoms with Crippen molar-refractivity contribution in [1.82, 2.24) is 15.5 Å². The lowest BCUT2D eigenvalue weighted by atomic mass is 9.97. The molecule has 0 aromatic carbocycles. The number of hydrogen-bond donors (Lipinski definition) is 7. The molecule has 0 bridgehead atoms. The Hall–Kier alpha value is -3.42. The second kappa shape index (κ2) is 14.1. The summed E-state index contributed by atoms with van der Waals surface area (Å²) in [5, 5.41) is 14.5. The maximum absolute atomic E-state index is 13.1. The minimum absolute atomic E-state index is 0.0693. The van der Waals surface area contributed by atoms with E-state index in [9.17, 15) is 29.1 Å². The lowest BCUT2D eigenvalue weighted by molar-refractivity contribution is -0.149. The highest BCUT2D eigenvalue weighted by molar-refractivity contribution is 5.96. The van der Waals surface area contributed by atoms with Gasteiger partial charge in [-0.05, 0) is 31.6 Å². The highest BCUT2D eigenvalue weighted by Crippen LogP contribution is 2.19. The molecule has 14 nitrogen and oxygen atoms in total. The van der Waals surface area contributed by atoms with Gasteiger partial charge < -0.3 is 43.6 Å². The summed E-state index contributed by atoms with van der Waals surface area (Å²) in [6, 6.07) is -4.38. The van der Waals surface area contributed by atoms with Gasteiger partial charge in [0.15, 0.2) is 5.96 Å². The predicted octanol–water partition coefficient (Wildman–Crippen LogP) is -2.67. The highest BCUT2D eigenvalue weighted by atomic mass is 16.4. The van der Waals surface area contributed by atoms with Gasteiger partial charge in [0.1, 0.15) is 18.1 Å². The Kier molecular flexibility index (Phi) is 11.9. The number of primary amides is 1. The zero-order valence-electron chi connectivity index (χ0n) is 20.2. The van der Waals surface area contributed by atoms with Crippen LogP contribution in [0.4, 0.5) is 0 Å². The minimum atomic E-state index is -1.36. The van der Waals surface area contributed by atoms with Gasteiger partial charge in [0.25, 0.3) is 0 Å². The fourth-order valence-electron chi connectivity index (χ4n) is 3.76. The highest BCUT2D eigenvalue weighted by Gasteiger charge is 2.39. The van der Waals surface area contributed by atoms with E-state index < -0.39 is 60.2 Å². The second-order valence-corrected chi connectivity index (χ2v) is 8.69. The average Bonchev–Trinajstić information content (AvgIpc) is 3.28. The van der Waals surface area contributed by atoms with Crippen LogP contribution in [-0.2, 0) is 24.0 Å². The van der Waals surface area contributed by atoms with Crippen LogP contribution in [0.5, 0.6) is 0 Å². The number of aliphatic carboxylic acids is 1. The monoisotopic (exact) mass is 498 g/mol. The summed E-state index contributed by atoms with van der Waals surface area (Å²) >= 11 is 0. The van der Waals surface area contributed by atoms with E-state index >= 15 is 0 Å². The Morgan fingerprint density at radius 2 is 1.77 bits per heavy atom. The van der Waals surface area contributed by atoms with Crippen molar-refractivity contribution in [2.45, 2.75) is 76.5 Å². The molecule has 0 aromatic heterocycles. The van der Waals surface area contributed by atoms with Crippen molar-refractivity contribution in [2.24, 2.45) is 33.8 Å². The van der Waals surface area contributed by atoms with Crippen LogP contribution in [-0.4, -0.2) is 82.8 Å². The van der Waals surface area contributed by atoms with Crippen molar-refractivity contribution in [3.63, 3.8) is 0 Å². The molecule has 0 spiro atoms. The maximum atomic E-state index is 13.1. The number of likely N-dealkylation sites (tertiary alicyclic amines) is 1. The third-order valence-corrected chi connectivity index (χ3v) is 5.94. The number of nitrogens with one attached hydrogen (secondary N) is 2. The van der Waals surface area contributed by atoms with E-state index in [1.165, 1.54) is 0 Å². The first kappa shape index (κ1) is 29.6. The number of aliphatic imine (C=N–C) groups is 1. The second-order valence-electron chi connectivity index (χ2n) is 8.69. The molecule has 5 atom stereocenters. The summed E-state index contributed by atoms with van der Waals surface area (Å²) < 4.78 is 0. The van der Waals surface area contributed by atoms with Crippen LogP contribution in [0.3, 0.4) is 0 Å². The van der Waals surface area contributed by atoms with Gasteiger partial charge >= 0.3 is 5.97 Å². The molecule has 11 N–H and O–H groups in total. The Balaban J connectivity index is 2.94. The molecule has 198 valence electrons. The maximum Gasteiger partial charge on any atom is 0.326 e. The van der Waals surface area contributed by atoms with E-state index in [-0.39, 0.29) is 31.3 Å². The molecular weight excluding hydrogens is 460 g/mol. The number of rotatable bonds is 14. The number of guanidine groups is 1. The van der Waals surface area contributed by atoms with E-state index in [1.54, 1.807) is 6.92 Å². The van der Waals surface area contributed by atoms with Crippen LogP contribution in [0.1, 0.15) is 52.4 Å². The molecule has 1 fully saturated rings. The third-order valence-electron chi connectivity index (χ3n) is 5.94. The molecule has 1 rings (SSSR count). The molecule has 14 heteroatoms. The molecule has 4 amide bonds. The fourth-order valence-corrected chi connectivity index (χ4v) is 3.76. The van der Waals surface area contributed by atoms with Crippen LogP contribution >= 0.6 is 0 Å². The molecule has 5 unspecified atom stereocenters. The van der Waals surface area contributed by atoms with Gasteiger partial charge in [-0.15, -0.1) is 0 Å². The van der Waals surface area contributed by atoms with Gasteiger partial charge in [0, 0.05) is 13.1 Å². The number of nitrogens with two attached hydrogens (primary N) is 4. The summed E-state index contributed by atoms with van der Waals surface area (Å²) in [5.41, 5.74) is 21.7. The molecule has 0 aliphatic carbocycles. The lowest BCUT2D eigenvalue weighted by Crippen LogP contribution is -2.59. The van der Waals surface area contributed by atoms with Gasteiger partial charge in [0.2, 0.25) is 23.6 Å². The van der Waals surface area contributed by atoms with Crippen molar-refractivity contribution in [3.8, 4) is 0 Å². The number of amides is 4. The molecule has 1 aliphatic rings. The average molecular weight is 499 g/mol. The number of carboxylic acid groups (broad SMARTS) is 1. The van der Waals surface area contributed by atoms with E-state index in [4.69, 9.17) is 22.9 Å². The van der Waals surface area contributed by atoms with Gasteiger partial charge in [-0.1, -0.05) is 20.3 Å². The Labute approximate surface area is 204 Å². The number of hydrogen-bond acceptors (Lipinski definition) is 7. The third kappa shape index (κ3) is 9.39. The summed E-state index contributed by atoms with van der Waals surface area (Å²) in [4.78, 5) is 66.8. The van der Waals surface area contributed by atoms with E-state index in [0.29, 0.717) is 25.8 Å². The van der Waals surface area contributed by atoms with E-state index in [2.05, 4.69) is 15.6 Å². The smallest absolute Gasteiger partial charge is 0.326 e. The van der Waals surface area contributed by atoms with Crippen LogP contribution in [0.2, 0.25) is 0 Å². The summed E-state index contributed by atoms with van der Waals surface area (Å²) in [5.74, 6) is -4.41. The lowest BCUT2D eigenvalue weighted by Gasteiger charge is -2.30. The molecule has 1 heterocycles. The van der Waals surface area contributed by atoms with Crippen molar-refractivity contribution < 1.29 is 29.1 Å². The van der Waals surface area contributed by atoms with Gasteiger partial charge in [-0.3, -0.25) is 24.2 Å². The normalized spacial score (nSPS) is 18.6. The SMILES string of the molecule is CCC(C)C(NC(=O)C(N)CCCN=C(N)N)C(=O)NC(CC(N)=O)C(=O)N1CCCC1C(=O)O. The zero-order valence-corrected chi connectivity index (χ0v) is 20.2. The number of carbonyl (C=O) groups excluding carboxylic acids is 4. The van der Waals surface area contributed by atoms with Crippen LogP contribution in [0, 0.1) is 5.92 Å². The Morgan fingerprint density at radius 1 is 1.11 bits per heavy atom. The largest absolute Gasteiger partial charge is 0.480 e. The summed E-state index contributed by atoms with van der Waals surface area (Å²) in [6.45, 7) is 4.03. The molecule has 0 radical (unpaired) electrons. The molecule has 35 heavy (non-hydrogen) atoms. The molecule has 0 aromatic rings. The van der Waals surface area contributed by atoms with Crippen molar-refractivity contribution >= 4 is 35.6 Å². The molecule has 0 saturated carbocycles. The van der Waals surface area contributed by atoms with Gasteiger partial charge in [-0.2, -0.15) is 0 Å². The summed E-state index contributed by atoms with van der Waals surface area (Å²) in [6.07, 6.45) is 1.46. The first-order valence-electron chi connectivity index (χ1n) is 11.6. The Bertz CT molecular complexity index is 816. The standard InChI is InChI=1S/C21H38N8O6/c1-3-11(2)16(28-17(31)12(22)6-4-8-26-21(24)25)18(32)27-13(10-15(23)30)19(33)29-9-5-7-14(29)20(34)35/h11-14,16H,3-10,22H2,1-2H3,(H2,23,30)(H,27,32)(H,28,31)(H,34,35)(H4,24,25,26). The Morgan fingerprint density at radius 3 is 2.31 bits per heavy atom. The van der Waals surface area contributed by atoms with Crippen molar-refractivity contribution in [2.75, 3.05) is 13.1 Å². The molecule has 1 saturated heterocycles. The van der Waals surface area contributed by atoms with Gasteiger partial charge in [0.05, 0.1) is 12.5 Å². The van der Waals surface area contributed by atoms with E-state index in [1.807, 2.05) is 6.92 Å². The first-order chi connectivity index (χ1) is 16.4. The molecular formula is C21H38N8O6.